The maximum atomic E-state index is 13.4. The first kappa shape index (κ1) is 13.6. The van der Waals surface area contributed by atoms with Crippen LogP contribution in [0.5, 0.6) is 0 Å². The Bertz CT molecular complexity index is 624. The zero-order valence-corrected chi connectivity index (χ0v) is 12.2. The van der Waals surface area contributed by atoms with Crippen molar-refractivity contribution in [3.05, 3.63) is 29.8 Å². The fourth-order valence-corrected chi connectivity index (χ4v) is 3.43. The Morgan fingerprint density at radius 2 is 2.10 bits per heavy atom. The number of aromatic nitrogens is 2. The predicted molar refractivity (Wildman–Crippen MR) is 78.8 cm³/mol. The molecule has 0 radical (unpaired) electrons. The maximum Gasteiger partial charge on any atom is 0.129 e. The summed E-state index contributed by atoms with van der Waals surface area (Å²) in [5.41, 5.74) is 7.90. The molecule has 3 rings (SSSR count). The van der Waals surface area contributed by atoms with Crippen molar-refractivity contribution in [2.24, 2.45) is 18.7 Å². The molecule has 108 valence electrons. The molecule has 0 atom stereocenters. The molecule has 2 aromatic rings. The molecule has 0 spiro atoms. The van der Waals surface area contributed by atoms with Crippen molar-refractivity contribution in [3.63, 3.8) is 0 Å². The van der Waals surface area contributed by atoms with Gasteiger partial charge in [-0.25, -0.2) is 9.37 Å². The van der Waals surface area contributed by atoms with Crippen LogP contribution >= 0.6 is 0 Å². The SMILES string of the molecule is CCC1CCC(N)(c2nc3ccc(F)cc3n2C)CC1. The van der Waals surface area contributed by atoms with Gasteiger partial charge in [0.1, 0.15) is 11.6 Å². The number of aryl methyl sites for hydroxylation is 1. The van der Waals surface area contributed by atoms with Crippen LogP contribution in [0.4, 0.5) is 4.39 Å². The third-order valence-electron chi connectivity index (χ3n) is 4.86. The van der Waals surface area contributed by atoms with Crippen LogP contribution in [0.3, 0.4) is 0 Å². The highest BCUT2D eigenvalue weighted by molar-refractivity contribution is 5.76. The molecule has 3 nitrogen and oxygen atoms in total. The van der Waals surface area contributed by atoms with Crippen LogP contribution in [-0.2, 0) is 12.6 Å². The summed E-state index contributed by atoms with van der Waals surface area (Å²) in [5.74, 6) is 1.46. The first-order chi connectivity index (χ1) is 9.53. The molecular formula is C16H22FN3. The Kier molecular flexibility index (Phi) is 3.28. The lowest BCUT2D eigenvalue weighted by molar-refractivity contribution is 0.219. The molecule has 0 saturated heterocycles. The second kappa shape index (κ2) is 4.85. The fraction of sp³-hybridized carbons (Fsp3) is 0.562. The van der Waals surface area contributed by atoms with E-state index in [4.69, 9.17) is 5.73 Å². The quantitative estimate of drug-likeness (QED) is 0.912. The molecule has 1 aromatic heterocycles. The van der Waals surface area contributed by atoms with Gasteiger partial charge in [-0.05, 0) is 49.8 Å². The van der Waals surface area contributed by atoms with Crippen molar-refractivity contribution < 1.29 is 4.39 Å². The summed E-state index contributed by atoms with van der Waals surface area (Å²) in [7, 11) is 1.94. The van der Waals surface area contributed by atoms with Crippen molar-refractivity contribution >= 4 is 11.0 Å². The third-order valence-corrected chi connectivity index (χ3v) is 4.86. The van der Waals surface area contributed by atoms with Crippen molar-refractivity contribution in [1.82, 2.24) is 9.55 Å². The number of fused-ring (bicyclic) bond motifs is 1. The van der Waals surface area contributed by atoms with Crippen LogP contribution in [0.1, 0.15) is 44.9 Å². The molecule has 20 heavy (non-hydrogen) atoms. The maximum absolute atomic E-state index is 13.4. The highest BCUT2D eigenvalue weighted by Crippen LogP contribution is 2.38. The minimum Gasteiger partial charge on any atom is -0.329 e. The van der Waals surface area contributed by atoms with Crippen molar-refractivity contribution in [2.45, 2.75) is 44.6 Å². The van der Waals surface area contributed by atoms with Crippen LogP contribution in [0.25, 0.3) is 11.0 Å². The normalized spacial score (nSPS) is 27.1. The van der Waals surface area contributed by atoms with Gasteiger partial charge in [0.05, 0.1) is 16.6 Å². The van der Waals surface area contributed by atoms with E-state index in [2.05, 4.69) is 11.9 Å². The highest BCUT2D eigenvalue weighted by Gasteiger charge is 2.36. The summed E-state index contributed by atoms with van der Waals surface area (Å²) in [6.45, 7) is 2.24. The Balaban J connectivity index is 2.00. The van der Waals surface area contributed by atoms with E-state index >= 15 is 0 Å². The van der Waals surface area contributed by atoms with Crippen LogP contribution in [0, 0.1) is 11.7 Å². The van der Waals surface area contributed by atoms with E-state index in [9.17, 15) is 4.39 Å². The van der Waals surface area contributed by atoms with Crippen molar-refractivity contribution in [3.8, 4) is 0 Å². The zero-order valence-electron chi connectivity index (χ0n) is 12.2. The summed E-state index contributed by atoms with van der Waals surface area (Å²) >= 11 is 0. The first-order valence-corrected chi connectivity index (χ1v) is 7.45. The van der Waals surface area contributed by atoms with Gasteiger partial charge in [-0.2, -0.15) is 0 Å². The standard InChI is InChI=1S/C16H22FN3/c1-3-11-6-8-16(18,9-7-11)15-19-13-5-4-12(17)10-14(13)20(15)2/h4-5,10-11H,3,6-9,18H2,1-2H3. The van der Waals surface area contributed by atoms with E-state index in [0.29, 0.717) is 0 Å². The molecule has 2 N–H and O–H groups in total. The Morgan fingerprint density at radius 3 is 2.75 bits per heavy atom. The average molecular weight is 275 g/mol. The van der Waals surface area contributed by atoms with E-state index in [1.165, 1.54) is 18.6 Å². The van der Waals surface area contributed by atoms with Gasteiger partial charge in [-0.1, -0.05) is 13.3 Å². The summed E-state index contributed by atoms with van der Waals surface area (Å²) < 4.78 is 15.4. The smallest absolute Gasteiger partial charge is 0.129 e. The largest absolute Gasteiger partial charge is 0.329 e. The number of benzene rings is 1. The van der Waals surface area contributed by atoms with E-state index in [1.807, 2.05) is 11.6 Å². The number of imidazole rings is 1. The van der Waals surface area contributed by atoms with E-state index in [1.54, 1.807) is 6.07 Å². The number of hydrogen-bond acceptors (Lipinski definition) is 2. The molecule has 4 heteroatoms. The van der Waals surface area contributed by atoms with Gasteiger partial charge in [0.15, 0.2) is 0 Å². The Hall–Kier alpha value is -1.42. The third kappa shape index (κ3) is 2.12. The molecule has 0 bridgehead atoms. The number of halogens is 1. The number of rotatable bonds is 2. The van der Waals surface area contributed by atoms with Gasteiger partial charge in [-0.15, -0.1) is 0 Å². The van der Waals surface area contributed by atoms with Gasteiger partial charge in [0.25, 0.3) is 0 Å². The predicted octanol–water partition coefficient (Wildman–Crippen LogP) is 3.47. The van der Waals surface area contributed by atoms with Gasteiger partial charge < -0.3 is 10.3 Å². The second-order valence-corrected chi connectivity index (χ2v) is 6.14. The highest BCUT2D eigenvalue weighted by atomic mass is 19.1. The lowest BCUT2D eigenvalue weighted by Crippen LogP contribution is -2.42. The molecule has 1 aliphatic rings. The Labute approximate surface area is 119 Å². The molecule has 0 aliphatic heterocycles. The molecule has 1 saturated carbocycles. The van der Waals surface area contributed by atoms with E-state index in [-0.39, 0.29) is 11.4 Å². The van der Waals surface area contributed by atoms with Gasteiger partial charge >= 0.3 is 0 Å². The molecule has 1 aliphatic carbocycles. The minimum absolute atomic E-state index is 0.229. The lowest BCUT2D eigenvalue weighted by Gasteiger charge is -2.36. The lowest BCUT2D eigenvalue weighted by atomic mass is 9.75. The van der Waals surface area contributed by atoms with Gasteiger partial charge in [0.2, 0.25) is 0 Å². The zero-order chi connectivity index (χ0) is 14.3. The fourth-order valence-electron chi connectivity index (χ4n) is 3.43. The Morgan fingerprint density at radius 1 is 1.40 bits per heavy atom. The summed E-state index contributed by atoms with van der Waals surface area (Å²) in [6, 6.07) is 4.72. The topological polar surface area (TPSA) is 43.8 Å². The van der Waals surface area contributed by atoms with Crippen LogP contribution in [-0.4, -0.2) is 9.55 Å². The number of hydrogen-bond donors (Lipinski definition) is 1. The molecular weight excluding hydrogens is 253 g/mol. The molecule has 1 fully saturated rings. The average Bonchev–Trinajstić information content (AvgIpc) is 2.78. The molecule has 1 aromatic carbocycles. The summed E-state index contributed by atoms with van der Waals surface area (Å²) in [4.78, 5) is 4.67. The molecule has 1 heterocycles. The minimum atomic E-state index is -0.365. The van der Waals surface area contributed by atoms with Gasteiger partial charge in [0, 0.05) is 7.05 Å². The number of nitrogens with two attached hydrogens (primary N) is 1. The summed E-state index contributed by atoms with van der Waals surface area (Å²) in [6.07, 6.45) is 5.47. The molecule has 0 unspecified atom stereocenters. The van der Waals surface area contributed by atoms with Crippen LogP contribution < -0.4 is 5.73 Å². The van der Waals surface area contributed by atoms with E-state index < -0.39 is 0 Å². The van der Waals surface area contributed by atoms with Crippen molar-refractivity contribution in [1.29, 1.82) is 0 Å². The first-order valence-electron chi connectivity index (χ1n) is 7.45. The van der Waals surface area contributed by atoms with Crippen LogP contribution in [0.15, 0.2) is 18.2 Å². The van der Waals surface area contributed by atoms with Crippen molar-refractivity contribution in [2.75, 3.05) is 0 Å². The summed E-state index contributed by atoms with van der Waals surface area (Å²) in [5, 5.41) is 0. The van der Waals surface area contributed by atoms with Crippen LogP contribution in [0.2, 0.25) is 0 Å². The number of nitrogens with zero attached hydrogens (tertiary/aromatic N) is 2. The monoisotopic (exact) mass is 275 g/mol. The van der Waals surface area contributed by atoms with E-state index in [0.717, 1.165) is 48.5 Å². The van der Waals surface area contributed by atoms with Gasteiger partial charge in [-0.3, -0.25) is 0 Å². The molecule has 0 amide bonds. The second-order valence-electron chi connectivity index (χ2n) is 6.14.